The number of carbonyl (C=O) groups excluding carboxylic acids is 1. The van der Waals surface area contributed by atoms with Gasteiger partial charge in [0.25, 0.3) is 0 Å². The Morgan fingerprint density at radius 1 is 1.41 bits per heavy atom. The van der Waals surface area contributed by atoms with Crippen molar-refractivity contribution in [1.29, 1.82) is 5.53 Å². The smallest absolute Gasteiger partial charge is 0.410 e. The standard InChI is InChI=1S/C16H22N4O2/c1-13(19-17)11-18-15-7-9-20(10-8-15)16(21)22-12-14-5-3-2-4-6-14/h2-6,11,15,17-18H,7-10,12H2,1H3/b13-11-,19-17?. The van der Waals surface area contributed by atoms with Crippen LogP contribution in [0.15, 0.2) is 47.3 Å². The first-order chi connectivity index (χ1) is 10.7. The fourth-order valence-electron chi connectivity index (χ4n) is 2.31. The third-order valence-electron chi connectivity index (χ3n) is 3.66. The zero-order chi connectivity index (χ0) is 15.8. The van der Waals surface area contributed by atoms with Crippen molar-refractivity contribution in [2.24, 2.45) is 5.11 Å². The van der Waals surface area contributed by atoms with Crippen LogP contribution in [0.1, 0.15) is 25.3 Å². The molecular formula is C16H22N4O2. The summed E-state index contributed by atoms with van der Waals surface area (Å²) in [5.41, 5.74) is 8.51. The Morgan fingerprint density at radius 3 is 2.73 bits per heavy atom. The van der Waals surface area contributed by atoms with E-state index in [0.717, 1.165) is 18.4 Å². The van der Waals surface area contributed by atoms with Gasteiger partial charge in [0, 0.05) is 25.3 Å². The van der Waals surface area contributed by atoms with Gasteiger partial charge in [-0.2, -0.15) is 5.11 Å². The number of carbonyl (C=O) groups is 1. The molecule has 0 aliphatic carbocycles. The summed E-state index contributed by atoms with van der Waals surface area (Å²) in [6, 6.07) is 9.99. The Hall–Kier alpha value is -2.37. The number of amides is 1. The highest BCUT2D eigenvalue weighted by atomic mass is 16.6. The van der Waals surface area contributed by atoms with Crippen LogP contribution >= 0.6 is 0 Å². The van der Waals surface area contributed by atoms with Crippen LogP contribution < -0.4 is 5.32 Å². The number of rotatable bonds is 5. The summed E-state index contributed by atoms with van der Waals surface area (Å²) in [5.74, 6) is 0. The minimum Gasteiger partial charge on any atom is -0.445 e. The summed E-state index contributed by atoms with van der Waals surface area (Å²) in [4.78, 5) is 13.8. The Morgan fingerprint density at radius 2 is 2.09 bits per heavy atom. The van der Waals surface area contributed by atoms with E-state index in [4.69, 9.17) is 10.3 Å². The van der Waals surface area contributed by atoms with E-state index in [1.165, 1.54) is 0 Å². The van der Waals surface area contributed by atoms with Crippen LogP contribution in [0.4, 0.5) is 4.79 Å². The second kappa shape index (κ2) is 8.17. The molecule has 118 valence electrons. The van der Waals surface area contributed by atoms with Crippen molar-refractivity contribution in [3.63, 3.8) is 0 Å². The summed E-state index contributed by atoms with van der Waals surface area (Å²) in [5, 5.41) is 6.57. The lowest BCUT2D eigenvalue weighted by Crippen LogP contribution is -2.43. The normalized spacial score (nSPS) is 16.2. The molecule has 0 spiro atoms. The van der Waals surface area contributed by atoms with Crippen LogP contribution in [-0.2, 0) is 11.3 Å². The predicted octanol–water partition coefficient (Wildman–Crippen LogP) is 3.27. The molecule has 0 aromatic heterocycles. The highest BCUT2D eigenvalue weighted by Gasteiger charge is 2.23. The SMILES string of the molecule is C/C(=C/NC1CCN(C(=O)OCc2ccccc2)CC1)N=N. The van der Waals surface area contributed by atoms with Gasteiger partial charge in [-0.3, -0.25) is 0 Å². The largest absolute Gasteiger partial charge is 0.445 e. The first-order valence-electron chi connectivity index (χ1n) is 7.45. The van der Waals surface area contributed by atoms with Gasteiger partial charge in [-0.05, 0) is 25.3 Å². The third-order valence-corrected chi connectivity index (χ3v) is 3.66. The number of benzene rings is 1. The minimum absolute atomic E-state index is 0.254. The van der Waals surface area contributed by atoms with Crippen LogP contribution in [0.2, 0.25) is 0 Å². The topological polar surface area (TPSA) is 77.8 Å². The lowest BCUT2D eigenvalue weighted by Gasteiger charge is -2.31. The first-order valence-corrected chi connectivity index (χ1v) is 7.45. The Balaban J connectivity index is 1.72. The van der Waals surface area contributed by atoms with E-state index in [0.29, 0.717) is 31.4 Å². The molecule has 2 N–H and O–H groups in total. The van der Waals surface area contributed by atoms with E-state index in [9.17, 15) is 4.79 Å². The number of piperidine rings is 1. The van der Waals surface area contributed by atoms with Crippen molar-refractivity contribution >= 4 is 6.09 Å². The molecule has 22 heavy (non-hydrogen) atoms. The van der Waals surface area contributed by atoms with E-state index in [1.807, 2.05) is 30.3 Å². The molecule has 1 aliphatic rings. The summed E-state index contributed by atoms with van der Waals surface area (Å²) in [6.07, 6.45) is 3.22. The van der Waals surface area contributed by atoms with E-state index < -0.39 is 0 Å². The summed E-state index contributed by atoms with van der Waals surface area (Å²) in [6.45, 7) is 3.44. The lowest BCUT2D eigenvalue weighted by atomic mass is 10.1. The van der Waals surface area contributed by atoms with Gasteiger partial charge in [0.05, 0.1) is 5.70 Å². The van der Waals surface area contributed by atoms with Crippen LogP contribution in [0, 0.1) is 5.53 Å². The van der Waals surface area contributed by atoms with Gasteiger partial charge in [0.1, 0.15) is 6.61 Å². The maximum atomic E-state index is 12.0. The van der Waals surface area contributed by atoms with Gasteiger partial charge in [0.2, 0.25) is 0 Å². The predicted molar refractivity (Wildman–Crippen MR) is 83.3 cm³/mol. The zero-order valence-corrected chi connectivity index (χ0v) is 12.8. The molecule has 2 rings (SSSR count). The van der Waals surface area contributed by atoms with Gasteiger partial charge < -0.3 is 15.0 Å². The average molecular weight is 302 g/mol. The highest BCUT2D eigenvalue weighted by Crippen LogP contribution is 2.13. The third kappa shape index (κ3) is 4.87. The molecule has 0 radical (unpaired) electrons. The molecule has 0 unspecified atom stereocenters. The second-order valence-electron chi connectivity index (χ2n) is 5.37. The number of nitrogens with zero attached hydrogens (tertiary/aromatic N) is 2. The summed E-state index contributed by atoms with van der Waals surface area (Å²) >= 11 is 0. The van der Waals surface area contributed by atoms with E-state index in [1.54, 1.807) is 18.0 Å². The zero-order valence-electron chi connectivity index (χ0n) is 12.8. The van der Waals surface area contributed by atoms with Crippen molar-refractivity contribution in [2.75, 3.05) is 13.1 Å². The molecule has 1 aliphatic heterocycles. The molecule has 6 nitrogen and oxygen atoms in total. The quantitative estimate of drug-likeness (QED) is 0.819. The van der Waals surface area contributed by atoms with Crippen molar-refractivity contribution in [3.05, 3.63) is 47.8 Å². The number of ether oxygens (including phenoxy) is 1. The number of allylic oxidation sites excluding steroid dienone is 1. The summed E-state index contributed by atoms with van der Waals surface area (Å²) < 4.78 is 5.33. The van der Waals surface area contributed by atoms with Gasteiger partial charge >= 0.3 is 6.09 Å². The van der Waals surface area contributed by atoms with Crippen LogP contribution in [0.3, 0.4) is 0 Å². The molecule has 1 saturated heterocycles. The highest BCUT2D eigenvalue weighted by molar-refractivity contribution is 5.67. The van der Waals surface area contributed by atoms with Crippen molar-refractivity contribution in [2.45, 2.75) is 32.4 Å². The molecule has 1 heterocycles. The molecule has 1 fully saturated rings. The maximum absolute atomic E-state index is 12.0. The molecular weight excluding hydrogens is 280 g/mol. The van der Waals surface area contributed by atoms with E-state index in [-0.39, 0.29) is 6.09 Å². The first kappa shape index (κ1) is 16.0. The number of hydrogen-bond donors (Lipinski definition) is 2. The Kier molecular flexibility index (Phi) is 5.94. The van der Waals surface area contributed by atoms with Crippen LogP contribution in [0.25, 0.3) is 0 Å². The fraction of sp³-hybridized carbons (Fsp3) is 0.438. The number of nitrogens with one attached hydrogen (secondary N) is 2. The van der Waals surface area contributed by atoms with Gasteiger partial charge in [-0.1, -0.05) is 30.3 Å². The second-order valence-corrected chi connectivity index (χ2v) is 5.37. The molecule has 1 amide bonds. The van der Waals surface area contributed by atoms with Gasteiger partial charge in [0.15, 0.2) is 0 Å². The lowest BCUT2D eigenvalue weighted by molar-refractivity contribution is 0.0861. The van der Waals surface area contributed by atoms with Crippen molar-refractivity contribution in [1.82, 2.24) is 10.2 Å². The monoisotopic (exact) mass is 302 g/mol. The molecule has 1 aromatic carbocycles. The van der Waals surface area contributed by atoms with Crippen molar-refractivity contribution in [3.8, 4) is 0 Å². The van der Waals surface area contributed by atoms with Crippen LogP contribution in [-0.4, -0.2) is 30.1 Å². The van der Waals surface area contributed by atoms with E-state index in [2.05, 4.69) is 10.4 Å². The fourth-order valence-corrected chi connectivity index (χ4v) is 2.31. The van der Waals surface area contributed by atoms with E-state index >= 15 is 0 Å². The van der Waals surface area contributed by atoms with Crippen molar-refractivity contribution < 1.29 is 9.53 Å². The molecule has 0 atom stereocenters. The Bertz CT molecular complexity index is 522. The molecule has 0 saturated carbocycles. The van der Waals surface area contributed by atoms with Crippen LogP contribution in [0.5, 0.6) is 0 Å². The average Bonchev–Trinajstić information content (AvgIpc) is 2.59. The number of likely N-dealkylation sites (tertiary alicyclic amines) is 1. The van der Waals surface area contributed by atoms with Gasteiger partial charge in [-0.25, -0.2) is 10.3 Å². The molecule has 6 heteroatoms. The molecule has 1 aromatic rings. The Labute approximate surface area is 130 Å². The minimum atomic E-state index is -0.254. The summed E-state index contributed by atoms with van der Waals surface area (Å²) in [7, 11) is 0. The number of hydrogen-bond acceptors (Lipinski definition) is 5. The van der Waals surface area contributed by atoms with Gasteiger partial charge in [-0.15, -0.1) is 0 Å². The molecule has 0 bridgehead atoms. The maximum Gasteiger partial charge on any atom is 0.410 e.